The van der Waals surface area contributed by atoms with Crippen LogP contribution in [0.15, 0.2) is 15.7 Å². The Morgan fingerprint density at radius 2 is 2.45 bits per heavy atom. The average Bonchev–Trinajstić information content (AvgIpc) is 1.98. The van der Waals surface area contributed by atoms with Crippen molar-refractivity contribution in [1.82, 2.24) is 9.97 Å². The molecule has 0 atom stereocenters. The molecule has 0 aliphatic heterocycles. The number of nitrogen functional groups attached to an aromatic ring is 1. The SMILES string of the molecule is CCSc1nc(N)ncc1Br. The minimum absolute atomic E-state index is 0.323. The van der Waals surface area contributed by atoms with Crippen LogP contribution in [0.2, 0.25) is 0 Å². The second-order valence-corrected chi connectivity index (χ2v) is 3.92. The van der Waals surface area contributed by atoms with Crippen molar-refractivity contribution in [3.8, 4) is 0 Å². The zero-order valence-corrected chi connectivity index (χ0v) is 8.44. The number of nitrogens with zero attached hydrogens (tertiary/aromatic N) is 2. The zero-order chi connectivity index (χ0) is 8.27. The lowest BCUT2D eigenvalue weighted by Crippen LogP contribution is -1.95. The van der Waals surface area contributed by atoms with Crippen molar-refractivity contribution in [2.45, 2.75) is 11.9 Å². The molecular formula is C6H8BrN3S. The number of hydrogen-bond donors (Lipinski definition) is 1. The van der Waals surface area contributed by atoms with Gasteiger partial charge in [0.25, 0.3) is 0 Å². The van der Waals surface area contributed by atoms with Crippen LogP contribution in [0.1, 0.15) is 6.92 Å². The molecule has 60 valence electrons. The van der Waals surface area contributed by atoms with Gasteiger partial charge in [-0.3, -0.25) is 0 Å². The van der Waals surface area contributed by atoms with E-state index in [9.17, 15) is 0 Å². The highest BCUT2D eigenvalue weighted by molar-refractivity contribution is 9.10. The molecule has 0 unspecified atom stereocenters. The molecule has 0 radical (unpaired) electrons. The maximum Gasteiger partial charge on any atom is 0.221 e. The van der Waals surface area contributed by atoms with Crippen LogP contribution in [-0.2, 0) is 0 Å². The molecule has 0 spiro atoms. The normalized spacial score (nSPS) is 10.0. The molecule has 5 heteroatoms. The molecule has 11 heavy (non-hydrogen) atoms. The van der Waals surface area contributed by atoms with E-state index in [0.29, 0.717) is 5.95 Å². The Labute approximate surface area is 77.9 Å². The van der Waals surface area contributed by atoms with E-state index in [-0.39, 0.29) is 0 Å². The van der Waals surface area contributed by atoms with Gasteiger partial charge in [0.05, 0.1) is 4.47 Å². The molecule has 0 aliphatic carbocycles. The predicted octanol–water partition coefficient (Wildman–Crippen LogP) is 1.93. The standard InChI is InChI=1S/C6H8BrN3S/c1-2-11-5-4(7)3-9-6(8)10-5/h3H,2H2,1H3,(H2,8,9,10). The van der Waals surface area contributed by atoms with E-state index in [1.165, 1.54) is 0 Å². The molecule has 0 aliphatic rings. The van der Waals surface area contributed by atoms with Gasteiger partial charge in [0, 0.05) is 6.20 Å². The molecule has 0 fully saturated rings. The Hall–Kier alpha value is -0.290. The summed E-state index contributed by atoms with van der Waals surface area (Å²) in [4.78, 5) is 7.87. The Morgan fingerprint density at radius 1 is 1.73 bits per heavy atom. The van der Waals surface area contributed by atoms with Gasteiger partial charge in [-0.05, 0) is 21.7 Å². The van der Waals surface area contributed by atoms with Gasteiger partial charge in [-0.2, -0.15) is 0 Å². The molecular weight excluding hydrogens is 226 g/mol. The van der Waals surface area contributed by atoms with E-state index >= 15 is 0 Å². The second kappa shape index (κ2) is 3.92. The van der Waals surface area contributed by atoms with Gasteiger partial charge in [-0.1, -0.05) is 6.92 Å². The van der Waals surface area contributed by atoms with E-state index in [0.717, 1.165) is 15.3 Å². The summed E-state index contributed by atoms with van der Waals surface area (Å²) in [6.07, 6.45) is 1.67. The van der Waals surface area contributed by atoms with Gasteiger partial charge in [-0.15, -0.1) is 11.8 Å². The highest BCUT2D eigenvalue weighted by Crippen LogP contribution is 2.24. The first-order chi connectivity index (χ1) is 5.24. The van der Waals surface area contributed by atoms with Gasteiger partial charge in [-0.25, -0.2) is 9.97 Å². The third-order valence-corrected chi connectivity index (χ3v) is 2.73. The minimum atomic E-state index is 0.323. The Morgan fingerprint density at radius 3 is 3.09 bits per heavy atom. The second-order valence-electron chi connectivity index (χ2n) is 1.81. The van der Waals surface area contributed by atoms with Crippen molar-refractivity contribution in [3.05, 3.63) is 10.7 Å². The first kappa shape index (κ1) is 8.80. The van der Waals surface area contributed by atoms with Crippen molar-refractivity contribution in [1.29, 1.82) is 0 Å². The highest BCUT2D eigenvalue weighted by Gasteiger charge is 2.01. The predicted molar refractivity (Wildman–Crippen MR) is 50.5 cm³/mol. The third-order valence-electron chi connectivity index (χ3n) is 1.01. The lowest BCUT2D eigenvalue weighted by Gasteiger charge is -2.00. The van der Waals surface area contributed by atoms with Gasteiger partial charge in [0.1, 0.15) is 5.03 Å². The average molecular weight is 234 g/mol. The molecule has 0 amide bonds. The molecule has 0 aromatic carbocycles. The molecule has 2 N–H and O–H groups in total. The zero-order valence-electron chi connectivity index (χ0n) is 6.04. The molecule has 0 saturated heterocycles. The van der Waals surface area contributed by atoms with Crippen LogP contribution in [0, 0.1) is 0 Å². The van der Waals surface area contributed by atoms with Crippen molar-refractivity contribution in [3.63, 3.8) is 0 Å². The first-order valence-corrected chi connectivity index (χ1v) is 4.92. The summed E-state index contributed by atoms with van der Waals surface area (Å²) in [5, 5.41) is 0.903. The van der Waals surface area contributed by atoms with Crippen LogP contribution in [0.4, 0.5) is 5.95 Å². The molecule has 1 aromatic rings. The fourth-order valence-electron chi connectivity index (χ4n) is 0.602. The van der Waals surface area contributed by atoms with E-state index in [1.807, 2.05) is 0 Å². The smallest absolute Gasteiger partial charge is 0.221 e. The molecule has 1 heterocycles. The summed E-state index contributed by atoms with van der Waals surface area (Å²) in [5.41, 5.74) is 5.40. The molecule has 0 saturated carbocycles. The van der Waals surface area contributed by atoms with Crippen LogP contribution in [0.3, 0.4) is 0 Å². The van der Waals surface area contributed by atoms with Crippen molar-refractivity contribution >= 4 is 33.6 Å². The van der Waals surface area contributed by atoms with Crippen molar-refractivity contribution in [2.75, 3.05) is 11.5 Å². The Kier molecular flexibility index (Phi) is 3.14. The van der Waals surface area contributed by atoms with Crippen LogP contribution >= 0.6 is 27.7 Å². The van der Waals surface area contributed by atoms with E-state index < -0.39 is 0 Å². The third kappa shape index (κ3) is 2.34. The fourth-order valence-corrected chi connectivity index (χ4v) is 1.76. The lowest BCUT2D eigenvalue weighted by atomic mass is 10.7. The number of aromatic nitrogens is 2. The fraction of sp³-hybridized carbons (Fsp3) is 0.333. The summed E-state index contributed by atoms with van der Waals surface area (Å²) in [7, 11) is 0. The molecule has 3 nitrogen and oxygen atoms in total. The van der Waals surface area contributed by atoms with Crippen molar-refractivity contribution in [2.24, 2.45) is 0 Å². The quantitative estimate of drug-likeness (QED) is 0.627. The Balaban J connectivity index is 2.93. The Bertz CT molecular complexity index is 254. The summed E-state index contributed by atoms with van der Waals surface area (Å²) in [6.45, 7) is 2.06. The van der Waals surface area contributed by atoms with Gasteiger partial charge in [0.2, 0.25) is 5.95 Å². The molecule has 1 aromatic heterocycles. The van der Waals surface area contributed by atoms with Crippen molar-refractivity contribution < 1.29 is 0 Å². The minimum Gasteiger partial charge on any atom is -0.368 e. The number of rotatable bonds is 2. The monoisotopic (exact) mass is 233 g/mol. The van der Waals surface area contributed by atoms with Gasteiger partial charge in [0.15, 0.2) is 0 Å². The van der Waals surface area contributed by atoms with Gasteiger partial charge >= 0.3 is 0 Å². The maximum atomic E-state index is 5.40. The lowest BCUT2D eigenvalue weighted by molar-refractivity contribution is 1.04. The summed E-state index contributed by atoms with van der Waals surface area (Å²) < 4.78 is 0.901. The largest absolute Gasteiger partial charge is 0.368 e. The molecule has 1 rings (SSSR count). The number of anilines is 1. The summed E-state index contributed by atoms with van der Waals surface area (Å²) >= 11 is 4.97. The molecule has 0 bridgehead atoms. The van der Waals surface area contributed by atoms with E-state index in [1.54, 1.807) is 18.0 Å². The van der Waals surface area contributed by atoms with Crippen LogP contribution < -0.4 is 5.73 Å². The van der Waals surface area contributed by atoms with Crippen LogP contribution in [0.5, 0.6) is 0 Å². The van der Waals surface area contributed by atoms with E-state index in [4.69, 9.17) is 5.73 Å². The topological polar surface area (TPSA) is 51.8 Å². The number of hydrogen-bond acceptors (Lipinski definition) is 4. The number of thioether (sulfide) groups is 1. The van der Waals surface area contributed by atoms with E-state index in [2.05, 4.69) is 32.8 Å². The summed E-state index contributed by atoms with van der Waals surface area (Å²) in [5.74, 6) is 1.30. The van der Waals surface area contributed by atoms with Crippen LogP contribution in [0.25, 0.3) is 0 Å². The maximum absolute atomic E-state index is 5.40. The summed E-state index contributed by atoms with van der Waals surface area (Å²) in [6, 6.07) is 0. The number of nitrogens with two attached hydrogens (primary N) is 1. The van der Waals surface area contributed by atoms with Gasteiger partial charge < -0.3 is 5.73 Å². The first-order valence-electron chi connectivity index (χ1n) is 3.15. The number of halogens is 1. The highest BCUT2D eigenvalue weighted by atomic mass is 79.9. The van der Waals surface area contributed by atoms with Crippen LogP contribution in [-0.4, -0.2) is 15.7 Å².